The van der Waals surface area contributed by atoms with E-state index >= 15 is 0 Å². The second-order valence-electron chi connectivity index (χ2n) is 5.34. The molecule has 1 fully saturated rings. The van der Waals surface area contributed by atoms with Gasteiger partial charge in [-0.05, 0) is 31.4 Å². The van der Waals surface area contributed by atoms with Crippen molar-refractivity contribution in [1.82, 2.24) is 4.90 Å². The first-order valence-corrected chi connectivity index (χ1v) is 7.01. The zero-order chi connectivity index (χ0) is 14.5. The summed E-state index contributed by atoms with van der Waals surface area (Å²) in [5, 5.41) is 18.3. The molecule has 0 aromatic heterocycles. The van der Waals surface area contributed by atoms with Gasteiger partial charge in [0, 0.05) is 19.1 Å². The Hall–Kier alpha value is -1.08. The Bertz CT molecular complexity index is 427. The van der Waals surface area contributed by atoms with E-state index in [4.69, 9.17) is 19.5 Å². The first-order valence-electron chi connectivity index (χ1n) is 7.01. The fraction of sp³-hybridized carbons (Fsp3) is 0.571. The van der Waals surface area contributed by atoms with E-state index in [1.807, 2.05) is 0 Å². The van der Waals surface area contributed by atoms with Crippen LogP contribution in [0.4, 0.5) is 0 Å². The highest BCUT2D eigenvalue weighted by Gasteiger charge is 2.22. The lowest BCUT2D eigenvalue weighted by Gasteiger charge is -2.35. The average Bonchev–Trinajstić information content (AvgIpc) is 2.45. The molecule has 20 heavy (non-hydrogen) atoms. The van der Waals surface area contributed by atoms with Gasteiger partial charge in [0.1, 0.15) is 18.5 Å². The Kier molecular flexibility index (Phi) is 5.42. The minimum Gasteiger partial charge on any atom is -0.491 e. The molecule has 0 saturated carbocycles. The van der Waals surface area contributed by atoms with Gasteiger partial charge in [0.15, 0.2) is 0 Å². The Morgan fingerprint density at radius 3 is 2.95 bits per heavy atom. The van der Waals surface area contributed by atoms with Crippen LogP contribution in [0.1, 0.15) is 13.8 Å². The average molecular weight is 279 g/mol. The zero-order valence-corrected chi connectivity index (χ0v) is 12.0. The van der Waals surface area contributed by atoms with Crippen molar-refractivity contribution in [3.05, 3.63) is 24.3 Å². The van der Waals surface area contributed by atoms with Crippen molar-refractivity contribution in [2.45, 2.75) is 26.0 Å². The van der Waals surface area contributed by atoms with Gasteiger partial charge in [0.25, 0.3) is 0 Å². The molecular formula is C14H22BNO4. The van der Waals surface area contributed by atoms with Gasteiger partial charge in [-0.3, -0.25) is 4.90 Å². The van der Waals surface area contributed by atoms with Crippen LogP contribution < -0.4 is 10.2 Å². The third-order valence-electron chi connectivity index (χ3n) is 3.49. The molecule has 0 spiro atoms. The summed E-state index contributed by atoms with van der Waals surface area (Å²) >= 11 is 0. The molecule has 0 amide bonds. The Balaban J connectivity index is 1.87. The molecule has 5 nitrogen and oxygen atoms in total. The van der Waals surface area contributed by atoms with E-state index in [9.17, 15) is 0 Å². The Morgan fingerprint density at radius 2 is 2.25 bits per heavy atom. The van der Waals surface area contributed by atoms with Crippen molar-refractivity contribution in [1.29, 1.82) is 0 Å². The van der Waals surface area contributed by atoms with Gasteiger partial charge >= 0.3 is 7.12 Å². The van der Waals surface area contributed by atoms with Crippen LogP contribution in [0.15, 0.2) is 24.3 Å². The van der Waals surface area contributed by atoms with E-state index in [1.54, 1.807) is 24.3 Å². The lowest BCUT2D eigenvalue weighted by atomic mass is 9.80. The molecule has 1 aliphatic heterocycles. The van der Waals surface area contributed by atoms with Gasteiger partial charge in [0.05, 0.1) is 6.61 Å². The van der Waals surface area contributed by atoms with Gasteiger partial charge < -0.3 is 19.5 Å². The second-order valence-corrected chi connectivity index (χ2v) is 5.34. The molecule has 0 radical (unpaired) electrons. The first kappa shape index (κ1) is 15.3. The standard InChI is InChI=1S/C14H22BNO4/c1-11(2)16-6-7-19-14(9-16)10-20-13-5-3-4-12(8-13)15(17)18/h3-5,8,11,14,17-18H,6-7,9-10H2,1-2H3. The minimum absolute atomic E-state index is 0.0499. The first-order chi connectivity index (χ1) is 9.56. The van der Waals surface area contributed by atoms with Crippen LogP contribution in [0.2, 0.25) is 0 Å². The molecule has 0 aliphatic carbocycles. The molecular weight excluding hydrogens is 257 g/mol. The van der Waals surface area contributed by atoms with Gasteiger partial charge in [-0.15, -0.1) is 0 Å². The molecule has 1 atom stereocenters. The van der Waals surface area contributed by atoms with E-state index in [0.29, 0.717) is 23.9 Å². The van der Waals surface area contributed by atoms with Crippen molar-refractivity contribution < 1.29 is 19.5 Å². The topological polar surface area (TPSA) is 62.2 Å². The van der Waals surface area contributed by atoms with Crippen molar-refractivity contribution in [3.63, 3.8) is 0 Å². The Labute approximate surface area is 120 Å². The lowest BCUT2D eigenvalue weighted by molar-refractivity contribution is -0.0564. The SMILES string of the molecule is CC(C)N1CCOC(COc2cccc(B(O)O)c2)C1. The summed E-state index contributed by atoms with van der Waals surface area (Å²) in [5.74, 6) is 0.626. The third-order valence-corrected chi connectivity index (χ3v) is 3.49. The van der Waals surface area contributed by atoms with Crippen molar-refractivity contribution in [3.8, 4) is 5.75 Å². The van der Waals surface area contributed by atoms with Crippen LogP contribution in [0, 0.1) is 0 Å². The van der Waals surface area contributed by atoms with Crippen LogP contribution in [-0.2, 0) is 4.74 Å². The molecule has 1 aliphatic rings. The van der Waals surface area contributed by atoms with E-state index in [2.05, 4.69) is 18.7 Å². The summed E-state index contributed by atoms with van der Waals surface area (Å²) in [6.45, 7) is 7.36. The normalized spacial score (nSPS) is 20.1. The van der Waals surface area contributed by atoms with Crippen LogP contribution in [0.3, 0.4) is 0 Å². The predicted octanol–water partition coefficient (Wildman–Crippen LogP) is -0.146. The summed E-state index contributed by atoms with van der Waals surface area (Å²) in [6, 6.07) is 7.33. The minimum atomic E-state index is -1.47. The van der Waals surface area contributed by atoms with Gasteiger partial charge in [-0.1, -0.05) is 12.1 Å². The molecule has 1 heterocycles. The number of hydrogen-bond donors (Lipinski definition) is 2. The summed E-state index contributed by atoms with van der Waals surface area (Å²) in [6.07, 6.45) is 0.0499. The molecule has 1 aromatic rings. The maximum absolute atomic E-state index is 9.13. The fourth-order valence-corrected chi connectivity index (χ4v) is 2.27. The summed E-state index contributed by atoms with van der Waals surface area (Å²) in [5.41, 5.74) is 0.427. The molecule has 1 saturated heterocycles. The fourth-order valence-electron chi connectivity index (χ4n) is 2.27. The third kappa shape index (κ3) is 4.21. The highest BCUT2D eigenvalue weighted by molar-refractivity contribution is 6.58. The zero-order valence-electron chi connectivity index (χ0n) is 12.0. The maximum atomic E-state index is 9.13. The molecule has 0 bridgehead atoms. The Morgan fingerprint density at radius 1 is 1.45 bits per heavy atom. The van der Waals surface area contributed by atoms with Gasteiger partial charge in [0.2, 0.25) is 0 Å². The number of rotatable bonds is 5. The molecule has 110 valence electrons. The lowest BCUT2D eigenvalue weighted by Crippen LogP contribution is -2.47. The molecule has 1 aromatic carbocycles. The van der Waals surface area contributed by atoms with E-state index in [-0.39, 0.29) is 6.10 Å². The number of hydrogen-bond acceptors (Lipinski definition) is 5. The summed E-state index contributed by atoms with van der Waals surface area (Å²) in [7, 11) is -1.47. The molecule has 2 N–H and O–H groups in total. The van der Waals surface area contributed by atoms with Crippen molar-refractivity contribution >= 4 is 12.6 Å². The number of nitrogens with zero attached hydrogens (tertiary/aromatic N) is 1. The van der Waals surface area contributed by atoms with Crippen LogP contribution in [-0.4, -0.2) is 60.5 Å². The monoisotopic (exact) mass is 279 g/mol. The van der Waals surface area contributed by atoms with E-state index in [1.165, 1.54) is 0 Å². The van der Waals surface area contributed by atoms with Crippen molar-refractivity contribution in [2.24, 2.45) is 0 Å². The predicted molar refractivity (Wildman–Crippen MR) is 78.2 cm³/mol. The number of ether oxygens (including phenoxy) is 2. The summed E-state index contributed by atoms with van der Waals surface area (Å²) in [4.78, 5) is 2.37. The van der Waals surface area contributed by atoms with Gasteiger partial charge in [-0.2, -0.15) is 0 Å². The number of morpholine rings is 1. The molecule has 6 heteroatoms. The number of benzene rings is 1. The van der Waals surface area contributed by atoms with Crippen LogP contribution >= 0.6 is 0 Å². The van der Waals surface area contributed by atoms with E-state index < -0.39 is 7.12 Å². The van der Waals surface area contributed by atoms with Crippen LogP contribution in [0.5, 0.6) is 5.75 Å². The van der Waals surface area contributed by atoms with Crippen molar-refractivity contribution in [2.75, 3.05) is 26.3 Å². The highest BCUT2D eigenvalue weighted by Crippen LogP contribution is 2.12. The summed E-state index contributed by atoms with van der Waals surface area (Å²) < 4.78 is 11.4. The van der Waals surface area contributed by atoms with Crippen LogP contribution in [0.25, 0.3) is 0 Å². The molecule has 1 unspecified atom stereocenters. The van der Waals surface area contributed by atoms with Gasteiger partial charge in [-0.25, -0.2) is 0 Å². The second kappa shape index (κ2) is 7.08. The smallest absolute Gasteiger partial charge is 0.488 e. The maximum Gasteiger partial charge on any atom is 0.488 e. The highest BCUT2D eigenvalue weighted by atomic mass is 16.5. The largest absolute Gasteiger partial charge is 0.491 e. The van der Waals surface area contributed by atoms with E-state index in [0.717, 1.165) is 19.7 Å². The quantitative estimate of drug-likeness (QED) is 0.734. The molecule has 2 rings (SSSR count).